The minimum absolute atomic E-state index is 1.07. The van der Waals surface area contributed by atoms with E-state index >= 15 is 0 Å². The number of hydrogen-bond acceptors (Lipinski definition) is 1. The third kappa shape index (κ3) is 6.65. The summed E-state index contributed by atoms with van der Waals surface area (Å²) >= 11 is 0. The van der Waals surface area contributed by atoms with Gasteiger partial charge >= 0.3 is 0 Å². The van der Waals surface area contributed by atoms with Crippen LogP contribution in [-0.4, -0.2) is 4.57 Å². The molecule has 0 saturated carbocycles. The lowest BCUT2D eigenvalue weighted by Crippen LogP contribution is -2.12. The topological polar surface area (TPSA) is 8.17 Å². The van der Waals surface area contributed by atoms with E-state index in [1.54, 1.807) is 0 Å². The number of rotatable bonds is 9. The van der Waals surface area contributed by atoms with Gasteiger partial charge in [-0.3, -0.25) is 0 Å². The van der Waals surface area contributed by atoms with Crippen LogP contribution in [0.15, 0.2) is 255 Å². The normalized spacial score (nSPS) is 11.2. The van der Waals surface area contributed by atoms with Gasteiger partial charge in [0.15, 0.2) is 0 Å². The van der Waals surface area contributed by atoms with Gasteiger partial charge in [0, 0.05) is 33.3 Å². The summed E-state index contributed by atoms with van der Waals surface area (Å²) in [6.07, 6.45) is 0. The van der Waals surface area contributed by atoms with Crippen LogP contribution >= 0.6 is 0 Å². The smallest absolute Gasteiger partial charge is 0.0546 e. The first-order chi connectivity index (χ1) is 30.8. The van der Waals surface area contributed by atoms with Crippen LogP contribution < -0.4 is 4.90 Å². The van der Waals surface area contributed by atoms with Crippen LogP contribution in [0.25, 0.3) is 83.1 Å². The number of anilines is 3. The Bertz CT molecular complexity index is 3280. The fourth-order valence-corrected chi connectivity index (χ4v) is 9.21. The summed E-state index contributed by atoms with van der Waals surface area (Å²) in [6.45, 7) is 0. The number of benzene rings is 10. The van der Waals surface area contributed by atoms with Gasteiger partial charge in [0.05, 0.1) is 22.4 Å². The molecule has 292 valence electrons. The Morgan fingerprint density at radius 3 is 1.40 bits per heavy atom. The van der Waals surface area contributed by atoms with Crippen molar-refractivity contribution in [2.45, 2.75) is 0 Å². The zero-order valence-electron chi connectivity index (χ0n) is 34.1. The first-order valence-electron chi connectivity index (χ1n) is 21.3. The van der Waals surface area contributed by atoms with Crippen LogP contribution in [0.5, 0.6) is 0 Å². The molecule has 0 fully saturated rings. The molecule has 0 N–H and O–H groups in total. The molecule has 0 aliphatic heterocycles. The molecule has 11 rings (SSSR count). The molecule has 0 amide bonds. The summed E-state index contributed by atoms with van der Waals surface area (Å²) < 4.78 is 2.42. The van der Waals surface area contributed by atoms with Crippen molar-refractivity contribution < 1.29 is 0 Å². The quantitative estimate of drug-likeness (QED) is 0.141. The van der Waals surface area contributed by atoms with Crippen molar-refractivity contribution in [3.63, 3.8) is 0 Å². The van der Waals surface area contributed by atoms with Gasteiger partial charge < -0.3 is 9.47 Å². The van der Waals surface area contributed by atoms with E-state index in [9.17, 15) is 0 Å². The maximum Gasteiger partial charge on any atom is 0.0546 e. The number of para-hydroxylation sites is 3. The third-order valence-corrected chi connectivity index (χ3v) is 12.0. The van der Waals surface area contributed by atoms with E-state index in [2.05, 4.69) is 264 Å². The van der Waals surface area contributed by atoms with Gasteiger partial charge in [-0.15, -0.1) is 0 Å². The van der Waals surface area contributed by atoms with Gasteiger partial charge in [0.25, 0.3) is 0 Å². The van der Waals surface area contributed by atoms with Crippen LogP contribution in [0.1, 0.15) is 0 Å². The SMILES string of the molecule is c1ccc(-c2cccc(N(c3ccc(-c4ccccc4-n4c5ccccc5c5ccccc54)cc3)c3cccc(-c4ccccc4)c3-c3ccccc3-c3ccccc3)c2)cc1. The number of fused-ring (bicyclic) bond motifs is 3. The molecule has 0 unspecified atom stereocenters. The third-order valence-electron chi connectivity index (χ3n) is 12.0. The first-order valence-corrected chi connectivity index (χ1v) is 21.3. The fourth-order valence-electron chi connectivity index (χ4n) is 9.21. The van der Waals surface area contributed by atoms with Crippen LogP contribution in [0.2, 0.25) is 0 Å². The molecule has 1 heterocycles. The molecular formula is C60H42N2. The second-order valence-corrected chi connectivity index (χ2v) is 15.7. The van der Waals surface area contributed by atoms with Gasteiger partial charge in [0.2, 0.25) is 0 Å². The van der Waals surface area contributed by atoms with Crippen molar-refractivity contribution in [1.82, 2.24) is 4.57 Å². The van der Waals surface area contributed by atoms with Crippen LogP contribution in [-0.2, 0) is 0 Å². The van der Waals surface area contributed by atoms with Crippen molar-refractivity contribution in [3.05, 3.63) is 255 Å². The van der Waals surface area contributed by atoms with E-state index in [0.29, 0.717) is 0 Å². The minimum atomic E-state index is 1.07. The van der Waals surface area contributed by atoms with Gasteiger partial charge in [-0.2, -0.15) is 0 Å². The molecule has 1 aromatic heterocycles. The van der Waals surface area contributed by atoms with Crippen molar-refractivity contribution in [3.8, 4) is 61.3 Å². The summed E-state index contributed by atoms with van der Waals surface area (Å²) in [4.78, 5) is 2.44. The zero-order chi connectivity index (χ0) is 41.2. The molecule has 0 aliphatic rings. The second-order valence-electron chi connectivity index (χ2n) is 15.7. The Hall–Kier alpha value is -8.20. The van der Waals surface area contributed by atoms with E-state index in [-0.39, 0.29) is 0 Å². The van der Waals surface area contributed by atoms with E-state index in [1.807, 2.05) is 0 Å². The monoisotopic (exact) mass is 790 g/mol. The Balaban J connectivity index is 1.13. The molecular weight excluding hydrogens is 749 g/mol. The van der Waals surface area contributed by atoms with Gasteiger partial charge in [-0.1, -0.05) is 206 Å². The van der Waals surface area contributed by atoms with Crippen molar-refractivity contribution in [1.29, 1.82) is 0 Å². The molecule has 0 aliphatic carbocycles. The molecule has 11 aromatic rings. The Labute approximate surface area is 362 Å². The number of aromatic nitrogens is 1. The van der Waals surface area contributed by atoms with Crippen molar-refractivity contribution >= 4 is 38.9 Å². The standard InChI is InChI=1S/C60H42N2/c1-4-20-43(21-5-1)47-26-18-27-49(42-47)61(59-37-19-33-52(45-24-8-3-9-25-45)60(59)55-32-11-10-28-50(55)44-22-6-2-7-23-44)48-40-38-46(39-41-48)51-29-12-15-34-56(51)62-57-35-16-13-30-53(57)54-31-14-17-36-58(54)62/h1-42H. The summed E-state index contributed by atoms with van der Waals surface area (Å²) in [5.41, 5.74) is 18.5. The molecule has 0 bridgehead atoms. The average molecular weight is 791 g/mol. The molecule has 2 heteroatoms. The molecule has 10 aromatic carbocycles. The predicted molar refractivity (Wildman–Crippen MR) is 263 cm³/mol. The predicted octanol–water partition coefficient (Wildman–Crippen LogP) is 16.6. The molecule has 62 heavy (non-hydrogen) atoms. The molecule has 0 radical (unpaired) electrons. The second kappa shape index (κ2) is 16.1. The molecule has 0 spiro atoms. The largest absolute Gasteiger partial charge is 0.310 e. The number of nitrogens with zero attached hydrogens (tertiary/aromatic N) is 2. The van der Waals surface area contributed by atoms with Crippen LogP contribution in [0.4, 0.5) is 17.1 Å². The zero-order valence-corrected chi connectivity index (χ0v) is 34.1. The Kier molecular flexibility index (Phi) is 9.57. The highest BCUT2D eigenvalue weighted by atomic mass is 15.1. The highest BCUT2D eigenvalue weighted by molar-refractivity contribution is 6.10. The molecule has 2 nitrogen and oxygen atoms in total. The summed E-state index contributed by atoms with van der Waals surface area (Å²) in [7, 11) is 0. The van der Waals surface area contributed by atoms with Gasteiger partial charge in [-0.25, -0.2) is 0 Å². The summed E-state index contributed by atoms with van der Waals surface area (Å²) in [5, 5.41) is 2.51. The lowest BCUT2D eigenvalue weighted by Gasteiger charge is -2.30. The first kappa shape index (κ1) is 36.8. The fraction of sp³-hybridized carbons (Fsp3) is 0. The van der Waals surface area contributed by atoms with E-state index in [0.717, 1.165) is 33.9 Å². The van der Waals surface area contributed by atoms with Gasteiger partial charge in [0.1, 0.15) is 0 Å². The maximum atomic E-state index is 2.44. The molecule has 0 atom stereocenters. The highest BCUT2D eigenvalue weighted by Crippen LogP contribution is 2.49. The van der Waals surface area contributed by atoms with E-state index < -0.39 is 0 Å². The average Bonchev–Trinajstić information content (AvgIpc) is 3.69. The minimum Gasteiger partial charge on any atom is -0.310 e. The highest BCUT2D eigenvalue weighted by Gasteiger charge is 2.23. The van der Waals surface area contributed by atoms with Crippen molar-refractivity contribution in [2.75, 3.05) is 4.90 Å². The van der Waals surface area contributed by atoms with E-state index in [1.165, 1.54) is 66.3 Å². The van der Waals surface area contributed by atoms with E-state index in [4.69, 9.17) is 0 Å². The van der Waals surface area contributed by atoms with Crippen molar-refractivity contribution in [2.24, 2.45) is 0 Å². The van der Waals surface area contributed by atoms with Crippen LogP contribution in [0.3, 0.4) is 0 Å². The molecule has 0 saturated heterocycles. The summed E-state index contributed by atoms with van der Waals surface area (Å²) in [5.74, 6) is 0. The Morgan fingerprint density at radius 1 is 0.274 bits per heavy atom. The van der Waals surface area contributed by atoms with Gasteiger partial charge in [-0.05, 0) is 93.0 Å². The lowest BCUT2D eigenvalue weighted by molar-refractivity contribution is 1.18. The maximum absolute atomic E-state index is 2.44. The summed E-state index contributed by atoms with van der Waals surface area (Å²) in [6, 6.07) is 92.1. The van der Waals surface area contributed by atoms with Crippen LogP contribution in [0, 0.1) is 0 Å². The Morgan fingerprint density at radius 2 is 0.742 bits per heavy atom. The number of hydrogen-bond donors (Lipinski definition) is 0. The lowest BCUT2D eigenvalue weighted by atomic mass is 9.87.